The van der Waals surface area contributed by atoms with E-state index in [9.17, 15) is 38.9 Å². The van der Waals surface area contributed by atoms with E-state index in [1.165, 1.54) is 32.1 Å². The van der Waals surface area contributed by atoms with Crippen molar-refractivity contribution >= 4 is 27.6 Å². The summed E-state index contributed by atoms with van der Waals surface area (Å²) in [4.78, 5) is 52.6. The van der Waals surface area contributed by atoms with Crippen LogP contribution in [-0.4, -0.2) is 92.8 Å². The zero-order valence-electron chi connectivity index (χ0n) is 35.9. The molecular formula is C43H74O15P2. The lowest BCUT2D eigenvalue weighted by molar-refractivity contribution is -0.161. The highest BCUT2D eigenvalue weighted by Crippen LogP contribution is 2.43. The van der Waals surface area contributed by atoms with Crippen LogP contribution in [0, 0.1) is 5.92 Å². The average Bonchev–Trinajstić information content (AvgIpc) is 3.19. The summed E-state index contributed by atoms with van der Waals surface area (Å²) in [6.07, 6.45) is 31.3. The summed E-state index contributed by atoms with van der Waals surface area (Å²) >= 11 is 0. The van der Waals surface area contributed by atoms with Gasteiger partial charge in [0.25, 0.3) is 0 Å². The third kappa shape index (κ3) is 39.6. The standard InChI is InChI=1S/C43H74O15P2/c1-4-6-19-27-38(44)28-21-15-11-9-12-16-22-29-39(45)30-23-18-25-31-42(47)54-35-41(36-57-60(52,53)56-34-40(46)33-55-59(49,50)51)58-43(48)32-24-17-13-8-7-10-14-20-26-37(3)5-2/h6,11-12,15-16,19,21-23,28-30,37-41,44-46H,4-5,7-10,13-14,17-18,20,24-27,31-36H2,1-3H3,(H,52,53)(H2,49,50,51)/b15-11-,16-12-,19-6-,28-21+,29-22+,30-23-/t37?,38-,39-,40+,41-/m1/s1. The van der Waals surface area contributed by atoms with Gasteiger partial charge in [0.2, 0.25) is 0 Å². The predicted molar refractivity (Wildman–Crippen MR) is 232 cm³/mol. The zero-order valence-corrected chi connectivity index (χ0v) is 37.7. The molecule has 0 aromatic heterocycles. The van der Waals surface area contributed by atoms with Gasteiger partial charge in [-0.25, -0.2) is 9.13 Å². The maximum absolute atomic E-state index is 12.6. The normalized spacial score (nSPS) is 16.4. The SMILES string of the molecule is CC/C=C\C[C@@H](O)/C=C/C=C\C/C=C\C=C\[C@@H](O)/C=C\CCCC(=O)OC[C@H](COP(=O)(O)OC[C@@H](O)COP(=O)(O)O)OC(=O)CCCCCCCCCCC(C)CC. The average molecular weight is 893 g/mol. The Morgan fingerprint density at radius 1 is 0.633 bits per heavy atom. The highest BCUT2D eigenvalue weighted by atomic mass is 31.2. The molecule has 2 unspecified atom stereocenters. The lowest BCUT2D eigenvalue weighted by Gasteiger charge is -2.20. The molecule has 6 N–H and O–H groups in total. The van der Waals surface area contributed by atoms with Crippen molar-refractivity contribution in [2.45, 2.75) is 154 Å². The molecule has 60 heavy (non-hydrogen) atoms. The first-order valence-electron chi connectivity index (χ1n) is 21.3. The zero-order chi connectivity index (χ0) is 44.9. The number of carbonyl (C=O) groups is 2. The van der Waals surface area contributed by atoms with E-state index in [1.54, 1.807) is 36.5 Å². The fourth-order valence-corrected chi connectivity index (χ4v) is 6.34. The Hall–Kier alpha value is -2.52. The molecule has 0 fully saturated rings. The van der Waals surface area contributed by atoms with Gasteiger partial charge in [-0.3, -0.25) is 23.2 Å². The van der Waals surface area contributed by atoms with Crippen molar-refractivity contribution in [1.29, 1.82) is 0 Å². The van der Waals surface area contributed by atoms with Crippen LogP contribution in [0.15, 0.2) is 72.9 Å². The second kappa shape index (κ2) is 37.1. The number of ether oxygens (including phenoxy) is 2. The maximum Gasteiger partial charge on any atom is 0.472 e. The number of rotatable bonds is 38. The van der Waals surface area contributed by atoms with E-state index in [-0.39, 0.29) is 12.8 Å². The Morgan fingerprint density at radius 3 is 1.88 bits per heavy atom. The summed E-state index contributed by atoms with van der Waals surface area (Å²) in [5, 5.41) is 29.7. The van der Waals surface area contributed by atoms with Gasteiger partial charge in [0.1, 0.15) is 12.7 Å². The second-order valence-corrected chi connectivity index (χ2v) is 17.2. The van der Waals surface area contributed by atoms with Gasteiger partial charge in [0.05, 0.1) is 32.0 Å². The van der Waals surface area contributed by atoms with Gasteiger partial charge >= 0.3 is 27.6 Å². The summed E-state index contributed by atoms with van der Waals surface area (Å²) in [5.74, 6) is -0.452. The Balaban J connectivity index is 4.77. The molecule has 0 saturated heterocycles. The van der Waals surface area contributed by atoms with Crippen LogP contribution in [0.1, 0.15) is 130 Å². The molecule has 0 rings (SSSR count). The van der Waals surface area contributed by atoms with E-state index in [0.29, 0.717) is 32.1 Å². The Bertz CT molecular complexity index is 1390. The number of phosphoric acid groups is 2. The fourth-order valence-electron chi connectivity index (χ4n) is 5.18. The van der Waals surface area contributed by atoms with Crippen molar-refractivity contribution in [2.75, 3.05) is 26.4 Å². The smallest absolute Gasteiger partial charge is 0.462 e. The van der Waals surface area contributed by atoms with Gasteiger partial charge in [-0.1, -0.05) is 151 Å². The van der Waals surface area contributed by atoms with Crippen molar-refractivity contribution in [2.24, 2.45) is 5.92 Å². The monoisotopic (exact) mass is 892 g/mol. The highest BCUT2D eigenvalue weighted by molar-refractivity contribution is 7.47. The van der Waals surface area contributed by atoms with Gasteiger partial charge in [0.15, 0.2) is 6.10 Å². The number of aliphatic hydroxyl groups excluding tert-OH is 3. The first-order chi connectivity index (χ1) is 28.6. The van der Waals surface area contributed by atoms with Crippen LogP contribution in [0.5, 0.6) is 0 Å². The Labute approximate surface area is 358 Å². The van der Waals surface area contributed by atoms with Gasteiger partial charge in [-0.05, 0) is 44.4 Å². The lowest BCUT2D eigenvalue weighted by Crippen LogP contribution is -2.30. The van der Waals surface area contributed by atoms with Crippen molar-refractivity contribution in [3.8, 4) is 0 Å². The third-order valence-corrected chi connectivity index (χ3v) is 10.3. The largest absolute Gasteiger partial charge is 0.472 e. The summed E-state index contributed by atoms with van der Waals surface area (Å²) < 4.78 is 47.6. The lowest BCUT2D eigenvalue weighted by atomic mass is 9.99. The highest BCUT2D eigenvalue weighted by Gasteiger charge is 2.28. The number of allylic oxidation sites excluding steroid dienone is 8. The summed E-state index contributed by atoms with van der Waals surface area (Å²) in [6, 6.07) is 0. The minimum Gasteiger partial charge on any atom is -0.462 e. The summed E-state index contributed by atoms with van der Waals surface area (Å²) in [5.41, 5.74) is 0. The first-order valence-corrected chi connectivity index (χ1v) is 24.3. The van der Waals surface area contributed by atoms with Gasteiger partial charge in [-0.15, -0.1) is 0 Å². The van der Waals surface area contributed by atoms with Gasteiger partial charge in [0, 0.05) is 12.8 Å². The molecule has 0 bridgehead atoms. The molecule has 0 saturated carbocycles. The van der Waals surface area contributed by atoms with Crippen LogP contribution < -0.4 is 0 Å². The van der Waals surface area contributed by atoms with Crippen LogP contribution in [0.25, 0.3) is 0 Å². The minimum atomic E-state index is -4.89. The van der Waals surface area contributed by atoms with Crippen LogP contribution >= 0.6 is 15.6 Å². The van der Waals surface area contributed by atoms with Crippen LogP contribution in [0.3, 0.4) is 0 Å². The fraction of sp³-hybridized carbons (Fsp3) is 0.674. The molecule has 15 nitrogen and oxygen atoms in total. The van der Waals surface area contributed by atoms with E-state index in [2.05, 4.69) is 22.9 Å². The Kier molecular flexibility index (Phi) is 35.5. The molecule has 0 aromatic carbocycles. The summed E-state index contributed by atoms with van der Waals surface area (Å²) in [7, 11) is -9.74. The molecule has 346 valence electrons. The molecule has 0 heterocycles. The number of hydrogen-bond acceptors (Lipinski definition) is 12. The topological polar surface area (TPSA) is 236 Å². The van der Waals surface area contributed by atoms with E-state index in [4.69, 9.17) is 23.8 Å². The molecule has 0 spiro atoms. The molecule has 0 aliphatic heterocycles. The molecule has 17 heteroatoms. The van der Waals surface area contributed by atoms with Gasteiger partial charge < -0.3 is 39.5 Å². The number of hydrogen-bond donors (Lipinski definition) is 6. The molecule has 6 atom stereocenters. The number of unbranched alkanes of at least 4 members (excludes halogenated alkanes) is 8. The Morgan fingerprint density at radius 2 is 1.23 bits per heavy atom. The molecular weight excluding hydrogens is 818 g/mol. The summed E-state index contributed by atoms with van der Waals surface area (Å²) in [6.45, 7) is 3.61. The number of aliphatic hydroxyl groups is 3. The predicted octanol–water partition coefficient (Wildman–Crippen LogP) is 8.41. The number of esters is 2. The van der Waals surface area contributed by atoms with E-state index < -0.39 is 78.4 Å². The van der Waals surface area contributed by atoms with Crippen molar-refractivity contribution in [3.05, 3.63) is 72.9 Å². The molecule has 0 radical (unpaired) electrons. The van der Waals surface area contributed by atoms with Crippen LogP contribution in [0.4, 0.5) is 0 Å². The van der Waals surface area contributed by atoms with Crippen LogP contribution in [-0.2, 0) is 41.8 Å². The molecule has 0 aliphatic carbocycles. The second-order valence-electron chi connectivity index (χ2n) is 14.5. The van der Waals surface area contributed by atoms with Crippen molar-refractivity contribution in [3.63, 3.8) is 0 Å². The van der Waals surface area contributed by atoms with Crippen molar-refractivity contribution in [1.82, 2.24) is 0 Å². The first kappa shape index (κ1) is 57.5. The van der Waals surface area contributed by atoms with Gasteiger partial charge in [-0.2, -0.15) is 0 Å². The van der Waals surface area contributed by atoms with Crippen LogP contribution in [0.2, 0.25) is 0 Å². The maximum atomic E-state index is 12.6. The van der Waals surface area contributed by atoms with E-state index in [1.807, 2.05) is 43.4 Å². The number of carbonyl (C=O) groups excluding carboxylic acids is 2. The molecule has 0 aromatic rings. The third-order valence-electron chi connectivity index (χ3n) is 8.81. The quantitative estimate of drug-likeness (QED) is 0.0112. The van der Waals surface area contributed by atoms with E-state index in [0.717, 1.165) is 38.0 Å². The minimum absolute atomic E-state index is 0.00610. The number of phosphoric ester groups is 2. The molecule has 0 amide bonds. The van der Waals surface area contributed by atoms with E-state index >= 15 is 0 Å². The molecule has 0 aliphatic rings. The van der Waals surface area contributed by atoms with Crippen molar-refractivity contribution < 1.29 is 71.8 Å².